The Bertz CT molecular complexity index is 277. The molecule has 0 N–H and O–H groups in total. The molecule has 0 aliphatic rings. The predicted molar refractivity (Wildman–Crippen MR) is 38.1 cm³/mol. The van der Waals surface area contributed by atoms with E-state index in [1.54, 1.807) is 0 Å². The molecular weight excluding hydrogens is 212 g/mol. The molecule has 0 aliphatic carbocycles. The zero-order valence-corrected chi connectivity index (χ0v) is 9.58. The van der Waals surface area contributed by atoms with Gasteiger partial charge in [-0.05, 0) is 23.1 Å². The van der Waals surface area contributed by atoms with Crippen LogP contribution in [0.3, 0.4) is 0 Å². The monoisotopic (exact) mass is 216 g/mol. The van der Waals surface area contributed by atoms with Gasteiger partial charge in [-0.2, -0.15) is 13.2 Å². The van der Waals surface area contributed by atoms with Crippen LogP contribution in [-0.4, -0.2) is 4.55 Å². The average molecular weight is 216 g/mol. The van der Waals surface area contributed by atoms with E-state index in [1.807, 2.05) is 0 Å². The summed E-state index contributed by atoms with van der Waals surface area (Å²) in [7, 11) is 0. The molecule has 1 rings (SSSR count). The van der Waals surface area contributed by atoms with Crippen LogP contribution >= 0.6 is 12.0 Å². The van der Waals surface area contributed by atoms with E-state index in [2.05, 4.69) is 0 Å². The van der Waals surface area contributed by atoms with Crippen molar-refractivity contribution in [3.63, 3.8) is 0 Å². The second kappa shape index (κ2) is 5.26. The van der Waals surface area contributed by atoms with Gasteiger partial charge in [0.05, 0.1) is 5.56 Å². The topological polar surface area (TPSA) is 23.1 Å². The van der Waals surface area contributed by atoms with E-state index in [1.165, 1.54) is 12.1 Å². The van der Waals surface area contributed by atoms with Gasteiger partial charge in [-0.3, -0.25) is 0 Å². The molecule has 0 saturated carbocycles. The largest absolute Gasteiger partial charge is 1.00 e. The first-order chi connectivity index (χ1) is 5.54. The summed E-state index contributed by atoms with van der Waals surface area (Å²) >= 11 is 0.0491. The Morgan fingerprint density at radius 3 is 2.31 bits per heavy atom. The third-order valence-corrected chi connectivity index (χ3v) is 1.70. The summed E-state index contributed by atoms with van der Waals surface area (Å²) in [4.78, 5) is 0.0739. The maximum absolute atomic E-state index is 12.0. The van der Waals surface area contributed by atoms with Crippen molar-refractivity contribution >= 4 is 12.0 Å². The molecule has 0 fully saturated rings. The molecule has 0 atom stereocenters. The quantitative estimate of drug-likeness (QED) is 0.484. The van der Waals surface area contributed by atoms with Gasteiger partial charge in [-0.1, -0.05) is 6.07 Å². The first kappa shape index (κ1) is 13.3. The fourth-order valence-corrected chi connectivity index (χ4v) is 1.03. The van der Waals surface area contributed by atoms with E-state index in [0.717, 1.165) is 12.1 Å². The summed E-state index contributed by atoms with van der Waals surface area (Å²) in [6.07, 6.45) is -4.37. The molecular formula is C7H4F3NaOS. The Kier molecular flexibility index (Phi) is 5.39. The number of rotatable bonds is 1. The van der Waals surface area contributed by atoms with Crippen molar-refractivity contribution in [1.29, 1.82) is 0 Å². The van der Waals surface area contributed by atoms with Crippen LogP contribution in [0.1, 0.15) is 5.56 Å². The molecule has 0 aliphatic heterocycles. The summed E-state index contributed by atoms with van der Waals surface area (Å²) < 4.78 is 46.1. The van der Waals surface area contributed by atoms with Gasteiger partial charge in [0.1, 0.15) is 0 Å². The Morgan fingerprint density at radius 1 is 1.23 bits per heavy atom. The molecule has 1 aromatic rings. The Balaban J connectivity index is 0.00000144. The van der Waals surface area contributed by atoms with Crippen LogP contribution in [0.15, 0.2) is 29.2 Å². The van der Waals surface area contributed by atoms with E-state index < -0.39 is 11.7 Å². The van der Waals surface area contributed by atoms with E-state index in [0.29, 0.717) is 0 Å². The molecule has 13 heavy (non-hydrogen) atoms. The number of halogens is 3. The van der Waals surface area contributed by atoms with Gasteiger partial charge in [0, 0.05) is 0 Å². The first-order valence-electron chi connectivity index (χ1n) is 3.01. The SMILES string of the molecule is [Na+].[O-]Sc1cccc(C(F)(F)F)c1. The second-order valence-electron chi connectivity index (χ2n) is 2.11. The maximum atomic E-state index is 12.0. The summed E-state index contributed by atoms with van der Waals surface area (Å²) in [5.41, 5.74) is -0.789. The third kappa shape index (κ3) is 3.91. The number of hydrogen-bond donors (Lipinski definition) is 0. The molecule has 66 valence electrons. The average Bonchev–Trinajstić information content (AvgIpc) is 2.03. The molecule has 0 aromatic heterocycles. The molecule has 0 heterocycles. The molecule has 0 spiro atoms. The van der Waals surface area contributed by atoms with Crippen molar-refractivity contribution in [3.8, 4) is 0 Å². The molecule has 1 aromatic carbocycles. The van der Waals surface area contributed by atoms with Gasteiger partial charge >= 0.3 is 35.7 Å². The van der Waals surface area contributed by atoms with Gasteiger partial charge in [0.15, 0.2) is 0 Å². The second-order valence-corrected chi connectivity index (χ2v) is 2.75. The Hall–Kier alpha value is 0.320. The number of hydrogen-bond acceptors (Lipinski definition) is 2. The molecule has 0 saturated heterocycles. The van der Waals surface area contributed by atoms with Crippen LogP contribution in [0.5, 0.6) is 0 Å². The minimum Gasteiger partial charge on any atom is -0.795 e. The maximum Gasteiger partial charge on any atom is 1.00 e. The van der Waals surface area contributed by atoms with E-state index in [-0.39, 0.29) is 46.5 Å². The van der Waals surface area contributed by atoms with Gasteiger partial charge < -0.3 is 4.55 Å². The van der Waals surface area contributed by atoms with Crippen molar-refractivity contribution in [2.45, 2.75) is 11.1 Å². The fraction of sp³-hybridized carbons (Fsp3) is 0.143. The molecule has 6 heteroatoms. The van der Waals surface area contributed by atoms with Gasteiger partial charge in [0.25, 0.3) is 0 Å². The Morgan fingerprint density at radius 2 is 1.85 bits per heavy atom. The zero-order valence-electron chi connectivity index (χ0n) is 6.76. The standard InChI is InChI=1S/C7H5F3OS.Na/c8-7(9,10)5-2-1-3-6(4-5)12-11;/h1-4,11H;/q;+1/p-1. The summed E-state index contributed by atoms with van der Waals surface area (Å²) in [6.45, 7) is 0. The first-order valence-corrected chi connectivity index (χ1v) is 3.75. The van der Waals surface area contributed by atoms with Crippen molar-refractivity contribution in [2.75, 3.05) is 0 Å². The Labute approximate surface area is 99.8 Å². The van der Waals surface area contributed by atoms with E-state index in [4.69, 9.17) is 0 Å². The minimum absolute atomic E-state index is 0. The van der Waals surface area contributed by atoms with Crippen molar-refractivity contribution in [3.05, 3.63) is 29.8 Å². The van der Waals surface area contributed by atoms with E-state index >= 15 is 0 Å². The molecule has 1 nitrogen and oxygen atoms in total. The van der Waals surface area contributed by atoms with E-state index in [9.17, 15) is 17.7 Å². The zero-order chi connectivity index (χ0) is 9.19. The van der Waals surface area contributed by atoms with Gasteiger partial charge in [-0.15, -0.1) is 0 Å². The van der Waals surface area contributed by atoms with Gasteiger partial charge in [0.2, 0.25) is 0 Å². The van der Waals surface area contributed by atoms with Crippen LogP contribution in [0.25, 0.3) is 0 Å². The summed E-state index contributed by atoms with van der Waals surface area (Å²) in [6, 6.07) is 4.31. The number of benzene rings is 1. The van der Waals surface area contributed by atoms with Crippen LogP contribution in [0.2, 0.25) is 0 Å². The van der Waals surface area contributed by atoms with Gasteiger partial charge in [-0.25, -0.2) is 12.0 Å². The van der Waals surface area contributed by atoms with Crippen molar-refractivity contribution < 1.29 is 47.3 Å². The summed E-state index contributed by atoms with van der Waals surface area (Å²) in [5.74, 6) is 0. The smallest absolute Gasteiger partial charge is 0.795 e. The summed E-state index contributed by atoms with van der Waals surface area (Å²) in [5, 5.41) is 0. The van der Waals surface area contributed by atoms with Crippen LogP contribution in [0, 0.1) is 0 Å². The van der Waals surface area contributed by atoms with Crippen molar-refractivity contribution in [2.24, 2.45) is 0 Å². The molecule has 0 amide bonds. The van der Waals surface area contributed by atoms with Crippen LogP contribution in [-0.2, 0) is 6.18 Å². The minimum atomic E-state index is -4.37. The fourth-order valence-electron chi connectivity index (χ4n) is 0.724. The predicted octanol–water partition coefficient (Wildman–Crippen LogP) is -0.0681. The van der Waals surface area contributed by atoms with Crippen LogP contribution < -0.4 is 29.6 Å². The normalized spacial score (nSPS) is 10.8. The van der Waals surface area contributed by atoms with Crippen molar-refractivity contribution in [1.82, 2.24) is 0 Å². The third-order valence-electron chi connectivity index (χ3n) is 1.26. The number of alkyl halides is 3. The molecule has 0 bridgehead atoms. The van der Waals surface area contributed by atoms with Crippen LogP contribution in [0.4, 0.5) is 13.2 Å². The molecule has 0 unspecified atom stereocenters. The molecule has 0 radical (unpaired) electrons.